The summed E-state index contributed by atoms with van der Waals surface area (Å²) in [6, 6.07) is 13.1. The fourth-order valence-corrected chi connectivity index (χ4v) is 6.05. The number of sulfone groups is 1. The van der Waals surface area contributed by atoms with Gasteiger partial charge in [-0.3, -0.25) is 9.59 Å². The van der Waals surface area contributed by atoms with Crippen LogP contribution in [0.3, 0.4) is 0 Å². The Labute approximate surface area is 215 Å². The maximum atomic E-state index is 13.0. The average molecular weight is 519 g/mol. The number of aryl methyl sites for hydroxylation is 2. The van der Waals surface area contributed by atoms with Crippen LogP contribution in [-0.4, -0.2) is 42.7 Å². The van der Waals surface area contributed by atoms with E-state index in [1.165, 1.54) is 10.1 Å². The van der Waals surface area contributed by atoms with Gasteiger partial charge in [0.15, 0.2) is 9.84 Å². The van der Waals surface area contributed by atoms with Crippen LogP contribution in [0.2, 0.25) is 0 Å². The molecular formula is C28H30N4O4S. The molecule has 1 aliphatic heterocycles. The second kappa shape index (κ2) is 9.23. The van der Waals surface area contributed by atoms with Gasteiger partial charge in [0.25, 0.3) is 11.5 Å². The summed E-state index contributed by atoms with van der Waals surface area (Å²) < 4.78 is 27.2. The van der Waals surface area contributed by atoms with E-state index in [1.807, 2.05) is 13.0 Å². The zero-order chi connectivity index (χ0) is 26.5. The van der Waals surface area contributed by atoms with Crippen LogP contribution in [-0.2, 0) is 23.3 Å². The van der Waals surface area contributed by atoms with Gasteiger partial charge in [0, 0.05) is 54.2 Å². The molecule has 0 saturated carbocycles. The van der Waals surface area contributed by atoms with Gasteiger partial charge in [-0.1, -0.05) is 25.1 Å². The van der Waals surface area contributed by atoms with Crippen LogP contribution in [0.1, 0.15) is 35.5 Å². The van der Waals surface area contributed by atoms with Gasteiger partial charge in [-0.2, -0.15) is 0 Å². The van der Waals surface area contributed by atoms with Crippen LogP contribution in [0.25, 0.3) is 22.0 Å². The number of fused-ring (bicyclic) bond motifs is 2. The highest BCUT2D eigenvalue weighted by molar-refractivity contribution is 7.91. The van der Waals surface area contributed by atoms with E-state index < -0.39 is 9.84 Å². The predicted octanol–water partition coefficient (Wildman–Crippen LogP) is 4.08. The Morgan fingerprint density at radius 2 is 1.89 bits per heavy atom. The summed E-state index contributed by atoms with van der Waals surface area (Å²) in [5, 5.41) is 3.33. The van der Waals surface area contributed by atoms with E-state index in [-0.39, 0.29) is 27.8 Å². The van der Waals surface area contributed by atoms with Crippen LogP contribution in [0, 0.1) is 6.92 Å². The van der Waals surface area contributed by atoms with Gasteiger partial charge in [0.1, 0.15) is 11.2 Å². The van der Waals surface area contributed by atoms with Gasteiger partial charge in [0.05, 0.1) is 10.6 Å². The molecule has 0 saturated heterocycles. The molecule has 5 rings (SSSR count). The first-order valence-electron chi connectivity index (χ1n) is 12.4. The number of nitrogens with one attached hydrogen (secondary N) is 2. The van der Waals surface area contributed by atoms with Crippen LogP contribution in [0.15, 0.2) is 58.4 Å². The van der Waals surface area contributed by atoms with E-state index in [4.69, 9.17) is 0 Å². The number of rotatable bonds is 6. The van der Waals surface area contributed by atoms with Crippen LogP contribution in [0.4, 0.5) is 11.4 Å². The number of carbonyl (C=O) groups is 1. The maximum Gasteiger partial charge on any atom is 0.274 e. The van der Waals surface area contributed by atoms with Crippen molar-refractivity contribution in [3.63, 3.8) is 0 Å². The molecular weight excluding hydrogens is 488 g/mol. The third-order valence-electron chi connectivity index (χ3n) is 7.03. The first kappa shape index (κ1) is 24.8. The molecule has 192 valence electrons. The number of amides is 1. The molecule has 37 heavy (non-hydrogen) atoms. The molecule has 0 bridgehead atoms. The normalized spacial score (nSPS) is 13.2. The lowest BCUT2D eigenvalue weighted by Gasteiger charge is -2.25. The van der Waals surface area contributed by atoms with Crippen molar-refractivity contribution in [3.05, 3.63) is 75.8 Å². The highest BCUT2D eigenvalue weighted by Crippen LogP contribution is 2.43. The lowest BCUT2D eigenvalue weighted by atomic mass is 10.0. The summed E-state index contributed by atoms with van der Waals surface area (Å²) in [6.45, 7) is 6.72. The Morgan fingerprint density at radius 1 is 1.11 bits per heavy atom. The number of hydrogen-bond donors (Lipinski definition) is 2. The molecule has 3 heterocycles. The van der Waals surface area contributed by atoms with Crippen molar-refractivity contribution in [2.24, 2.45) is 7.05 Å². The standard InChI is InChI=1S/C28H30N4O4S/c1-5-29-27(33)23-15-21-22(16-31(4)28(34)25(21)30-23)20-14-19(37(35,36)6-2)10-11-24(20)32-13-12-18-9-7-8-17(3)26(18)32/h7-11,14-16,30H,5-6,12-13H2,1-4H3,(H,29,33). The third-order valence-corrected chi connectivity index (χ3v) is 8.76. The molecule has 0 spiro atoms. The van der Waals surface area contributed by atoms with Gasteiger partial charge >= 0.3 is 0 Å². The molecule has 0 fully saturated rings. The summed E-state index contributed by atoms with van der Waals surface area (Å²) in [6.07, 6.45) is 2.59. The van der Waals surface area contributed by atoms with Crippen molar-refractivity contribution in [1.29, 1.82) is 0 Å². The van der Waals surface area contributed by atoms with E-state index in [0.717, 1.165) is 29.9 Å². The SMILES string of the molecule is CCNC(=O)c1cc2c(-c3cc(S(=O)(=O)CC)ccc3N3CCc4cccc(C)c43)cn(C)c(=O)c2[nH]1. The van der Waals surface area contributed by atoms with Crippen molar-refractivity contribution >= 4 is 38.0 Å². The fraction of sp³-hybridized carbons (Fsp3) is 0.286. The predicted molar refractivity (Wildman–Crippen MR) is 147 cm³/mol. The van der Waals surface area contributed by atoms with Crippen molar-refractivity contribution in [2.75, 3.05) is 23.7 Å². The van der Waals surface area contributed by atoms with E-state index >= 15 is 0 Å². The number of pyridine rings is 1. The van der Waals surface area contributed by atoms with Crippen LogP contribution < -0.4 is 15.8 Å². The molecule has 2 N–H and O–H groups in total. The molecule has 0 aliphatic carbocycles. The number of aromatic nitrogens is 2. The van der Waals surface area contributed by atoms with Gasteiger partial charge in [-0.25, -0.2) is 8.42 Å². The summed E-state index contributed by atoms with van der Waals surface area (Å²) in [7, 11) is -1.83. The quantitative estimate of drug-likeness (QED) is 0.400. The highest BCUT2D eigenvalue weighted by atomic mass is 32.2. The number of nitrogens with zero attached hydrogens (tertiary/aromatic N) is 2. The van der Waals surface area contributed by atoms with Crippen molar-refractivity contribution in [1.82, 2.24) is 14.9 Å². The lowest BCUT2D eigenvalue weighted by molar-refractivity contribution is 0.0951. The molecule has 9 heteroatoms. The minimum absolute atomic E-state index is 0.0222. The monoisotopic (exact) mass is 518 g/mol. The number of carbonyl (C=O) groups excluding carboxylic acids is 1. The topological polar surface area (TPSA) is 104 Å². The first-order valence-corrected chi connectivity index (χ1v) is 14.0. The Morgan fingerprint density at radius 3 is 2.62 bits per heavy atom. The second-order valence-corrected chi connectivity index (χ2v) is 11.6. The van der Waals surface area contributed by atoms with E-state index in [0.29, 0.717) is 28.6 Å². The first-order chi connectivity index (χ1) is 17.7. The zero-order valence-corrected chi connectivity index (χ0v) is 22.2. The molecule has 1 aliphatic rings. The number of para-hydroxylation sites is 1. The van der Waals surface area contributed by atoms with Crippen LogP contribution >= 0.6 is 0 Å². The highest BCUT2D eigenvalue weighted by Gasteiger charge is 2.27. The Kier molecular flexibility index (Phi) is 6.19. The third kappa shape index (κ3) is 4.13. The summed E-state index contributed by atoms with van der Waals surface area (Å²) in [4.78, 5) is 31.0. The summed E-state index contributed by atoms with van der Waals surface area (Å²) in [5.74, 6) is -0.329. The van der Waals surface area contributed by atoms with E-state index in [9.17, 15) is 18.0 Å². The van der Waals surface area contributed by atoms with E-state index in [1.54, 1.807) is 38.4 Å². The van der Waals surface area contributed by atoms with Gasteiger partial charge < -0.3 is 19.8 Å². The van der Waals surface area contributed by atoms with Crippen LogP contribution in [0.5, 0.6) is 0 Å². The summed E-state index contributed by atoms with van der Waals surface area (Å²) in [5.41, 5.74) is 6.02. The largest absolute Gasteiger partial charge is 0.351 e. The molecule has 2 aromatic carbocycles. The Hall–Kier alpha value is -3.85. The Balaban J connectivity index is 1.82. The Bertz CT molecular complexity index is 1720. The second-order valence-electron chi connectivity index (χ2n) is 9.36. The average Bonchev–Trinajstić information content (AvgIpc) is 3.52. The van der Waals surface area contributed by atoms with Gasteiger partial charge in [-0.05, 0) is 55.7 Å². The zero-order valence-electron chi connectivity index (χ0n) is 21.4. The van der Waals surface area contributed by atoms with E-state index in [2.05, 4.69) is 40.3 Å². The number of aromatic amines is 1. The fourth-order valence-electron chi connectivity index (χ4n) is 5.15. The number of anilines is 2. The smallest absolute Gasteiger partial charge is 0.274 e. The summed E-state index contributed by atoms with van der Waals surface area (Å²) >= 11 is 0. The van der Waals surface area contributed by atoms with Gasteiger partial charge in [-0.15, -0.1) is 0 Å². The lowest BCUT2D eigenvalue weighted by Crippen LogP contribution is -2.23. The van der Waals surface area contributed by atoms with Crippen molar-refractivity contribution < 1.29 is 13.2 Å². The molecule has 0 radical (unpaired) electrons. The van der Waals surface area contributed by atoms with Crippen molar-refractivity contribution in [2.45, 2.75) is 32.1 Å². The molecule has 8 nitrogen and oxygen atoms in total. The number of benzene rings is 2. The molecule has 0 unspecified atom stereocenters. The van der Waals surface area contributed by atoms with Crippen molar-refractivity contribution in [3.8, 4) is 11.1 Å². The number of H-pyrrole nitrogens is 1. The minimum atomic E-state index is -3.48. The molecule has 4 aromatic rings. The maximum absolute atomic E-state index is 13.0. The molecule has 1 amide bonds. The molecule has 0 atom stereocenters. The van der Waals surface area contributed by atoms with Gasteiger partial charge in [0.2, 0.25) is 0 Å². The molecule has 2 aromatic heterocycles. The number of hydrogen-bond acceptors (Lipinski definition) is 5. The minimum Gasteiger partial charge on any atom is -0.351 e.